The Morgan fingerprint density at radius 1 is 1.03 bits per heavy atom. The minimum absolute atomic E-state index is 0.0121. The van der Waals surface area contributed by atoms with Crippen LogP contribution in [-0.2, 0) is 20.7 Å². The monoisotopic (exact) mass is 419 g/mol. The molecule has 1 heterocycles. The number of benzene rings is 1. The fraction of sp³-hybridized carbons (Fsp3) is 0.652. The highest BCUT2D eigenvalue weighted by Gasteiger charge is 2.50. The van der Waals surface area contributed by atoms with Gasteiger partial charge in [-0.1, -0.05) is 20.8 Å². The number of amides is 1. The third-order valence-corrected chi connectivity index (χ3v) is 6.16. The maximum absolute atomic E-state index is 12.8. The van der Waals surface area contributed by atoms with E-state index in [1.165, 1.54) is 21.3 Å². The van der Waals surface area contributed by atoms with Crippen LogP contribution in [0.5, 0.6) is 17.2 Å². The highest BCUT2D eigenvalue weighted by atomic mass is 16.5. The highest BCUT2D eigenvalue weighted by molar-refractivity contribution is 5.82. The molecule has 0 aromatic heterocycles. The van der Waals surface area contributed by atoms with Crippen molar-refractivity contribution in [2.24, 2.45) is 10.8 Å². The second-order valence-corrected chi connectivity index (χ2v) is 9.61. The molecule has 0 N–H and O–H groups in total. The molecule has 2 aliphatic rings. The first-order valence-corrected chi connectivity index (χ1v) is 10.3. The molecule has 1 aliphatic heterocycles. The van der Waals surface area contributed by atoms with Crippen LogP contribution in [0.25, 0.3) is 0 Å². The Bertz CT molecular complexity index is 795. The van der Waals surface area contributed by atoms with Crippen LogP contribution in [0.3, 0.4) is 0 Å². The fourth-order valence-electron chi connectivity index (χ4n) is 5.43. The molecule has 1 aromatic rings. The van der Waals surface area contributed by atoms with Crippen LogP contribution in [0.1, 0.15) is 45.6 Å². The van der Waals surface area contributed by atoms with E-state index >= 15 is 0 Å². The number of ether oxygens (including phenoxy) is 4. The van der Waals surface area contributed by atoms with Gasteiger partial charge in [-0.05, 0) is 47.8 Å². The van der Waals surface area contributed by atoms with E-state index in [1.54, 1.807) is 12.1 Å². The molecule has 2 atom stereocenters. The van der Waals surface area contributed by atoms with E-state index in [1.807, 2.05) is 4.90 Å². The molecule has 7 heteroatoms. The number of rotatable bonds is 7. The number of esters is 1. The molecule has 30 heavy (non-hydrogen) atoms. The first-order valence-electron chi connectivity index (χ1n) is 10.3. The summed E-state index contributed by atoms with van der Waals surface area (Å²) >= 11 is 0. The SMILES string of the molecule is COc1cc(CC(=O)OCC(=O)N2CC3(C)CC2CC(C)(C)C3)cc(OC)c1OC. The Hall–Kier alpha value is -2.44. The van der Waals surface area contributed by atoms with Gasteiger partial charge < -0.3 is 23.8 Å². The van der Waals surface area contributed by atoms with E-state index in [2.05, 4.69) is 20.8 Å². The van der Waals surface area contributed by atoms with Crippen molar-refractivity contribution >= 4 is 11.9 Å². The molecule has 1 amide bonds. The van der Waals surface area contributed by atoms with Crippen LogP contribution in [0.15, 0.2) is 12.1 Å². The molecule has 2 unspecified atom stereocenters. The van der Waals surface area contributed by atoms with Crippen LogP contribution in [0, 0.1) is 10.8 Å². The van der Waals surface area contributed by atoms with Gasteiger partial charge in [0.2, 0.25) is 5.75 Å². The third kappa shape index (κ3) is 4.65. The number of likely N-dealkylation sites (tertiary alicyclic amines) is 1. The number of carbonyl (C=O) groups excluding carboxylic acids is 2. The van der Waals surface area contributed by atoms with E-state index in [0.29, 0.717) is 22.8 Å². The molecule has 7 nitrogen and oxygen atoms in total. The van der Waals surface area contributed by atoms with Gasteiger partial charge in [-0.2, -0.15) is 0 Å². The quantitative estimate of drug-likeness (QED) is 0.632. The number of hydrogen-bond acceptors (Lipinski definition) is 6. The van der Waals surface area contributed by atoms with Gasteiger partial charge in [0, 0.05) is 12.6 Å². The summed E-state index contributed by atoms with van der Waals surface area (Å²) in [6.07, 6.45) is 3.15. The van der Waals surface area contributed by atoms with Crippen LogP contribution in [-0.4, -0.2) is 57.3 Å². The van der Waals surface area contributed by atoms with Gasteiger partial charge in [-0.15, -0.1) is 0 Å². The zero-order chi connectivity index (χ0) is 22.1. The first kappa shape index (κ1) is 22.2. The summed E-state index contributed by atoms with van der Waals surface area (Å²) in [5.74, 6) is 0.821. The fourth-order valence-corrected chi connectivity index (χ4v) is 5.43. The number of hydrogen-bond donors (Lipinski definition) is 0. The lowest BCUT2D eigenvalue weighted by molar-refractivity contribution is -0.152. The normalized spacial score (nSPS) is 24.3. The molecule has 1 saturated carbocycles. The number of carbonyl (C=O) groups is 2. The topological polar surface area (TPSA) is 74.3 Å². The van der Waals surface area contributed by atoms with E-state index < -0.39 is 5.97 Å². The molecule has 1 saturated heterocycles. The number of nitrogens with zero attached hydrogens (tertiary/aromatic N) is 1. The molecule has 0 spiro atoms. The van der Waals surface area contributed by atoms with Crippen LogP contribution in [0.4, 0.5) is 0 Å². The zero-order valence-electron chi connectivity index (χ0n) is 18.9. The highest BCUT2D eigenvalue weighted by Crippen LogP contribution is 2.52. The lowest BCUT2D eigenvalue weighted by Gasteiger charge is -2.39. The van der Waals surface area contributed by atoms with Crippen molar-refractivity contribution in [3.63, 3.8) is 0 Å². The third-order valence-electron chi connectivity index (χ3n) is 6.16. The molecule has 2 bridgehead atoms. The maximum atomic E-state index is 12.8. The van der Waals surface area contributed by atoms with Gasteiger partial charge in [0.15, 0.2) is 18.1 Å². The number of methoxy groups -OCH3 is 3. The molecule has 1 aliphatic carbocycles. The molecular weight excluding hydrogens is 386 g/mol. The van der Waals surface area contributed by atoms with E-state index in [-0.39, 0.29) is 35.8 Å². The standard InChI is InChI=1S/C23H33NO6/c1-22(2)10-16-11-23(3,13-22)14-24(16)19(25)12-30-20(26)9-15-7-17(27-4)21(29-6)18(8-15)28-5/h7-8,16H,9-14H2,1-6H3. The second kappa shape index (κ2) is 8.36. The molecule has 0 radical (unpaired) electrons. The van der Waals surface area contributed by atoms with Crippen molar-refractivity contribution in [1.82, 2.24) is 4.90 Å². The molecule has 1 aromatic carbocycles. The summed E-state index contributed by atoms with van der Waals surface area (Å²) in [7, 11) is 4.56. The Morgan fingerprint density at radius 3 is 2.23 bits per heavy atom. The van der Waals surface area contributed by atoms with E-state index in [9.17, 15) is 9.59 Å². The van der Waals surface area contributed by atoms with E-state index in [0.717, 1.165) is 25.8 Å². The maximum Gasteiger partial charge on any atom is 0.310 e. The Balaban J connectivity index is 1.59. The lowest BCUT2D eigenvalue weighted by Crippen LogP contribution is -2.39. The minimum atomic E-state index is -0.466. The lowest BCUT2D eigenvalue weighted by atomic mass is 9.65. The minimum Gasteiger partial charge on any atom is -0.493 e. The molecular formula is C23H33NO6. The molecule has 166 valence electrons. The van der Waals surface area contributed by atoms with Crippen LogP contribution in [0.2, 0.25) is 0 Å². The summed E-state index contributed by atoms with van der Waals surface area (Å²) in [6, 6.07) is 3.65. The predicted octanol–water partition coefficient (Wildman–Crippen LogP) is 3.23. The number of fused-ring (bicyclic) bond motifs is 2. The van der Waals surface area contributed by atoms with Crippen LogP contribution < -0.4 is 14.2 Å². The zero-order valence-corrected chi connectivity index (χ0v) is 18.9. The van der Waals surface area contributed by atoms with Gasteiger partial charge >= 0.3 is 5.97 Å². The van der Waals surface area contributed by atoms with Crippen molar-refractivity contribution in [3.05, 3.63) is 17.7 Å². The van der Waals surface area contributed by atoms with Crippen LogP contribution >= 0.6 is 0 Å². The average Bonchev–Trinajstić information content (AvgIpc) is 2.93. The summed E-state index contributed by atoms with van der Waals surface area (Å²) in [6.45, 7) is 7.30. The Kier molecular flexibility index (Phi) is 6.20. The van der Waals surface area contributed by atoms with Gasteiger partial charge in [0.25, 0.3) is 5.91 Å². The van der Waals surface area contributed by atoms with Crippen molar-refractivity contribution in [1.29, 1.82) is 0 Å². The van der Waals surface area contributed by atoms with Crippen molar-refractivity contribution in [3.8, 4) is 17.2 Å². The smallest absolute Gasteiger partial charge is 0.310 e. The summed E-state index contributed by atoms with van der Waals surface area (Å²) in [4.78, 5) is 27.1. The van der Waals surface area contributed by atoms with Crippen molar-refractivity contribution in [2.75, 3.05) is 34.5 Å². The van der Waals surface area contributed by atoms with Gasteiger partial charge in [0.05, 0.1) is 27.8 Å². The second-order valence-electron chi connectivity index (χ2n) is 9.61. The Morgan fingerprint density at radius 2 is 1.67 bits per heavy atom. The van der Waals surface area contributed by atoms with Crippen molar-refractivity contribution < 1.29 is 28.5 Å². The summed E-state index contributed by atoms with van der Waals surface area (Å²) < 4.78 is 21.2. The van der Waals surface area contributed by atoms with Gasteiger partial charge in [0.1, 0.15) is 0 Å². The summed E-state index contributed by atoms with van der Waals surface area (Å²) in [5.41, 5.74) is 1.05. The average molecular weight is 420 g/mol. The van der Waals surface area contributed by atoms with Gasteiger partial charge in [-0.25, -0.2) is 0 Å². The summed E-state index contributed by atoms with van der Waals surface area (Å²) in [5, 5.41) is 0. The Labute approximate surface area is 178 Å². The first-order chi connectivity index (χ1) is 14.1. The largest absolute Gasteiger partial charge is 0.493 e. The predicted molar refractivity (Wildman–Crippen MR) is 112 cm³/mol. The van der Waals surface area contributed by atoms with Gasteiger partial charge in [-0.3, -0.25) is 9.59 Å². The molecule has 2 fully saturated rings. The van der Waals surface area contributed by atoms with E-state index in [4.69, 9.17) is 18.9 Å². The molecule has 3 rings (SSSR count). The van der Waals surface area contributed by atoms with Crippen molar-refractivity contribution in [2.45, 2.75) is 52.5 Å².